The van der Waals surface area contributed by atoms with Gasteiger partial charge in [0.1, 0.15) is 0 Å². The Morgan fingerprint density at radius 1 is 1.08 bits per heavy atom. The molecule has 0 unspecified atom stereocenters. The predicted molar refractivity (Wildman–Crippen MR) is 95.2 cm³/mol. The second-order valence-corrected chi connectivity index (χ2v) is 8.37. The summed E-state index contributed by atoms with van der Waals surface area (Å²) in [5, 5.41) is 2.79. The average molecular weight is 353 g/mol. The Morgan fingerprint density at radius 2 is 1.75 bits per heavy atom. The number of nitrogens with one attached hydrogen (secondary N) is 2. The number of aryl methyl sites for hydroxylation is 1. The summed E-state index contributed by atoms with van der Waals surface area (Å²) in [5.74, 6) is 0.694. The van der Waals surface area contributed by atoms with Gasteiger partial charge in [-0.3, -0.25) is 4.79 Å². The van der Waals surface area contributed by atoms with Crippen LogP contribution in [0.1, 0.15) is 50.5 Å². The number of amides is 1. The Bertz CT molecular complexity index is 620. The fraction of sp³-hybridized carbons (Fsp3) is 0.611. The molecule has 134 valence electrons. The standard InChI is InChI=1S/C18H28N2O3S/c1-15-7-10-17(11-8-15)24(22,23)20-14-13-19-18(21)12-9-16-5-3-2-4-6-16/h7-8,10-11,16,20H,2-6,9,12-14H2,1H3,(H,19,21). The predicted octanol–water partition coefficient (Wildman–Crippen LogP) is 2.75. The Balaban J connectivity index is 1.64. The minimum atomic E-state index is -3.51. The van der Waals surface area contributed by atoms with Gasteiger partial charge in [0.05, 0.1) is 4.90 Å². The molecule has 0 aliphatic heterocycles. The molecule has 0 radical (unpaired) electrons. The Hall–Kier alpha value is -1.40. The van der Waals surface area contributed by atoms with Crippen LogP contribution >= 0.6 is 0 Å². The van der Waals surface area contributed by atoms with Crippen molar-refractivity contribution in [2.45, 2.75) is 56.8 Å². The summed E-state index contributed by atoms with van der Waals surface area (Å²) in [4.78, 5) is 12.1. The van der Waals surface area contributed by atoms with Crippen molar-refractivity contribution in [1.82, 2.24) is 10.0 Å². The first-order chi connectivity index (χ1) is 11.5. The third-order valence-electron chi connectivity index (χ3n) is 4.57. The summed E-state index contributed by atoms with van der Waals surface area (Å²) >= 11 is 0. The first kappa shape index (κ1) is 18.9. The van der Waals surface area contributed by atoms with Crippen LogP contribution in [0, 0.1) is 12.8 Å². The van der Waals surface area contributed by atoms with Gasteiger partial charge in [0, 0.05) is 19.5 Å². The van der Waals surface area contributed by atoms with Gasteiger partial charge in [-0.2, -0.15) is 0 Å². The number of benzene rings is 1. The lowest BCUT2D eigenvalue weighted by Gasteiger charge is -2.20. The molecule has 0 saturated heterocycles. The van der Waals surface area contributed by atoms with E-state index >= 15 is 0 Å². The van der Waals surface area contributed by atoms with Crippen molar-refractivity contribution in [3.05, 3.63) is 29.8 Å². The highest BCUT2D eigenvalue weighted by atomic mass is 32.2. The van der Waals surface area contributed by atoms with Gasteiger partial charge in [-0.05, 0) is 31.4 Å². The van der Waals surface area contributed by atoms with Crippen molar-refractivity contribution in [2.75, 3.05) is 13.1 Å². The summed E-state index contributed by atoms with van der Waals surface area (Å²) in [6.07, 6.45) is 7.85. The van der Waals surface area contributed by atoms with E-state index in [0.29, 0.717) is 18.9 Å². The molecule has 1 aromatic carbocycles. The summed E-state index contributed by atoms with van der Waals surface area (Å²) in [5.41, 5.74) is 1.01. The Labute approximate surface area is 145 Å². The first-order valence-corrected chi connectivity index (χ1v) is 10.3. The van der Waals surface area contributed by atoms with Crippen molar-refractivity contribution in [2.24, 2.45) is 5.92 Å². The SMILES string of the molecule is Cc1ccc(S(=O)(=O)NCCNC(=O)CCC2CCCCC2)cc1. The minimum absolute atomic E-state index is 0.00936. The Morgan fingerprint density at radius 3 is 2.42 bits per heavy atom. The van der Waals surface area contributed by atoms with E-state index in [-0.39, 0.29) is 17.3 Å². The van der Waals surface area contributed by atoms with Crippen molar-refractivity contribution in [3.63, 3.8) is 0 Å². The molecule has 1 amide bonds. The number of hydrogen-bond donors (Lipinski definition) is 2. The lowest BCUT2D eigenvalue weighted by Crippen LogP contribution is -2.34. The van der Waals surface area contributed by atoms with E-state index in [1.807, 2.05) is 6.92 Å². The molecule has 1 aliphatic rings. The van der Waals surface area contributed by atoms with Gasteiger partial charge < -0.3 is 5.32 Å². The molecular formula is C18H28N2O3S. The fourth-order valence-electron chi connectivity index (χ4n) is 3.09. The summed E-state index contributed by atoms with van der Waals surface area (Å²) in [7, 11) is -3.51. The summed E-state index contributed by atoms with van der Waals surface area (Å²) in [6.45, 7) is 2.42. The topological polar surface area (TPSA) is 75.3 Å². The van der Waals surface area contributed by atoms with Gasteiger partial charge in [-0.1, -0.05) is 49.8 Å². The summed E-state index contributed by atoms with van der Waals surface area (Å²) < 4.78 is 26.7. The molecule has 1 aliphatic carbocycles. The van der Waals surface area contributed by atoms with Gasteiger partial charge in [0.2, 0.25) is 15.9 Å². The normalized spacial score (nSPS) is 16.0. The van der Waals surface area contributed by atoms with Crippen LogP contribution in [-0.2, 0) is 14.8 Å². The third kappa shape index (κ3) is 6.24. The maximum atomic E-state index is 12.1. The van der Waals surface area contributed by atoms with Crippen molar-refractivity contribution < 1.29 is 13.2 Å². The fourth-order valence-corrected chi connectivity index (χ4v) is 4.12. The highest BCUT2D eigenvalue weighted by Crippen LogP contribution is 2.27. The molecule has 1 aromatic rings. The number of carbonyl (C=O) groups is 1. The monoisotopic (exact) mass is 352 g/mol. The Kier molecular flexibility index (Phi) is 7.24. The second-order valence-electron chi connectivity index (χ2n) is 6.60. The van der Waals surface area contributed by atoms with E-state index in [1.54, 1.807) is 24.3 Å². The van der Waals surface area contributed by atoms with Crippen LogP contribution in [-0.4, -0.2) is 27.4 Å². The maximum absolute atomic E-state index is 12.1. The number of rotatable bonds is 8. The molecule has 0 heterocycles. The van der Waals surface area contributed by atoms with E-state index in [1.165, 1.54) is 32.1 Å². The van der Waals surface area contributed by atoms with E-state index in [2.05, 4.69) is 10.0 Å². The zero-order chi connectivity index (χ0) is 17.4. The van der Waals surface area contributed by atoms with Crippen LogP contribution in [0.4, 0.5) is 0 Å². The smallest absolute Gasteiger partial charge is 0.240 e. The van der Waals surface area contributed by atoms with E-state index < -0.39 is 10.0 Å². The van der Waals surface area contributed by atoms with E-state index in [9.17, 15) is 13.2 Å². The van der Waals surface area contributed by atoms with Gasteiger partial charge in [-0.25, -0.2) is 13.1 Å². The highest BCUT2D eigenvalue weighted by molar-refractivity contribution is 7.89. The molecular weight excluding hydrogens is 324 g/mol. The van der Waals surface area contributed by atoms with Crippen LogP contribution in [0.15, 0.2) is 29.2 Å². The molecule has 0 atom stereocenters. The molecule has 24 heavy (non-hydrogen) atoms. The average Bonchev–Trinajstić information content (AvgIpc) is 2.58. The van der Waals surface area contributed by atoms with Crippen LogP contribution in [0.3, 0.4) is 0 Å². The molecule has 2 N–H and O–H groups in total. The molecule has 0 aromatic heterocycles. The van der Waals surface area contributed by atoms with E-state index in [4.69, 9.17) is 0 Å². The maximum Gasteiger partial charge on any atom is 0.240 e. The van der Waals surface area contributed by atoms with Crippen molar-refractivity contribution >= 4 is 15.9 Å². The number of carbonyl (C=O) groups excluding carboxylic acids is 1. The van der Waals surface area contributed by atoms with Gasteiger partial charge in [0.15, 0.2) is 0 Å². The molecule has 5 nitrogen and oxygen atoms in total. The second kappa shape index (κ2) is 9.18. The van der Waals surface area contributed by atoms with Gasteiger partial charge >= 0.3 is 0 Å². The molecule has 0 bridgehead atoms. The number of hydrogen-bond acceptors (Lipinski definition) is 3. The molecule has 6 heteroatoms. The lowest BCUT2D eigenvalue weighted by molar-refractivity contribution is -0.121. The highest BCUT2D eigenvalue weighted by Gasteiger charge is 2.15. The molecule has 2 rings (SSSR count). The van der Waals surface area contributed by atoms with Crippen LogP contribution in [0.5, 0.6) is 0 Å². The lowest BCUT2D eigenvalue weighted by atomic mass is 9.86. The first-order valence-electron chi connectivity index (χ1n) is 8.80. The van der Waals surface area contributed by atoms with Gasteiger partial charge in [-0.15, -0.1) is 0 Å². The van der Waals surface area contributed by atoms with Crippen LogP contribution < -0.4 is 10.0 Å². The van der Waals surface area contributed by atoms with Crippen molar-refractivity contribution in [1.29, 1.82) is 0 Å². The number of sulfonamides is 1. The molecule has 1 saturated carbocycles. The minimum Gasteiger partial charge on any atom is -0.355 e. The van der Waals surface area contributed by atoms with Gasteiger partial charge in [0.25, 0.3) is 0 Å². The summed E-state index contributed by atoms with van der Waals surface area (Å²) in [6, 6.07) is 6.70. The van der Waals surface area contributed by atoms with Crippen LogP contribution in [0.25, 0.3) is 0 Å². The molecule has 1 fully saturated rings. The third-order valence-corrected chi connectivity index (χ3v) is 6.05. The van der Waals surface area contributed by atoms with E-state index in [0.717, 1.165) is 12.0 Å². The van der Waals surface area contributed by atoms with Crippen molar-refractivity contribution in [3.8, 4) is 0 Å². The van der Waals surface area contributed by atoms with Crippen LogP contribution in [0.2, 0.25) is 0 Å². The molecule has 0 spiro atoms. The largest absolute Gasteiger partial charge is 0.355 e. The zero-order valence-corrected chi connectivity index (χ0v) is 15.2. The quantitative estimate of drug-likeness (QED) is 0.707. The zero-order valence-electron chi connectivity index (χ0n) is 14.4.